The van der Waals surface area contributed by atoms with E-state index in [1.807, 2.05) is 70.2 Å². The topological polar surface area (TPSA) is 77.2 Å². The molecule has 152 valence electrons. The van der Waals surface area contributed by atoms with Gasteiger partial charge >= 0.3 is 0 Å². The minimum atomic E-state index is -0.264. The molecule has 0 bridgehead atoms. The largest absolute Gasteiger partial charge is 0.493 e. The number of carbonyl (C=O) groups is 1. The van der Waals surface area contributed by atoms with Gasteiger partial charge in [-0.3, -0.25) is 4.79 Å². The molecular formula is C22H25N3O3S. The van der Waals surface area contributed by atoms with E-state index in [1.165, 1.54) is 11.8 Å². The fraction of sp³-hybridized carbons (Fsp3) is 0.318. The van der Waals surface area contributed by atoms with Gasteiger partial charge in [0.1, 0.15) is 5.75 Å². The molecule has 1 amide bonds. The Morgan fingerprint density at radius 3 is 2.62 bits per heavy atom. The Balaban J connectivity index is 1.61. The molecule has 29 heavy (non-hydrogen) atoms. The van der Waals surface area contributed by atoms with Crippen LogP contribution >= 0.6 is 11.8 Å². The molecule has 3 rings (SSSR count). The van der Waals surface area contributed by atoms with Crippen molar-refractivity contribution in [3.8, 4) is 17.1 Å². The van der Waals surface area contributed by atoms with Crippen LogP contribution in [0.4, 0.5) is 5.69 Å². The maximum atomic E-state index is 12.6. The molecule has 2 aromatic carbocycles. The highest BCUT2D eigenvalue weighted by molar-refractivity contribution is 7.99. The highest BCUT2D eigenvalue weighted by Gasteiger charge is 2.18. The molecule has 1 atom stereocenters. The quantitative estimate of drug-likeness (QED) is 0.561. The van der Waals surface area contributed by atoms with E-state index in [-0.39, 0.29) is 11.2 Å². The van der Waals surface area contributed by atoms with Gasteiger partial charge in [0.15, 0.2) is 0 Å². The van der Waals surface area contributed by atoms with Gasteiger partial charge in [0.2, 0.25) is 17.6 Å². The zero-order valence-corrected chi connectivity index (χ0v) is 17.9. The van der Waals surface area contributed by atoms with E-state index < -0.39 is 0 Å². The standard InChI is InChI=1S/C22H25N3O3S/c1-5-27-18-12-7-6-11-17(18)21-23-19(28-25-21)13-29-16(4)22(26)24-20-14(2)9-8-10-15(20)3/h6-12,16H,5,13H2,1-4H3,(H,24,26). The van der Waals surface area contributed by atoms with E-state index in [0.717, 1.165) is 28.1 Å². The van der Waals surface area contributed by atoms with E-state index in [2.05, 4.69) is 15.5 Å². The third-order valence-corrected chi connectivity index (χ3v) is 5.58. The Morgan fingerprint density at radius 1 is 1.17 bits per heavy atom. The second kappa shape index (κ2) is 9.60. The summed E-state index contributed by atoms with van der Waals surface area (Å²) < 4.78 is 11.0. The third kappa shape index (κ3) is 5.17. The van der Waals surface area contributed by atoms with E-state index in [0.29, 0.717) is 24.1 Å². The Bertz CT molecular complexity index is 967. The van der Waals surface area contributed by atoms with Crippen LogP contribution in [0, 0.1) is 13.8 Å². The monoisotopic (exact) mass is 411 g/mol. The SMILES string of the molecule is CCOc1ccccc1-c1noc(CSC(C)C(=O)Nc2c(C)cccc2C)n1. The Labute approximate surface area is 175 Å². The molecule has 1 heterocycles. The number of ether oxygens (including phenoxy) is 1. The second-order valence-electron chi connectivity index (χ2n) is 6.65. The van der Waals surface area contributed by atoms with Crippen LogP contribution in [-0.2, 0) is 10.5 Å². The molecule has 0 aliphatic heterocycles. The second-order valence-corrected chi connectivity index (χ2v) is 7.98. The molecule has 1 N–H and O–H groups in total. The van der Waals surface area contributed by atoms with Crippen molar-refractivity contribution in [2.24, 2.45) is 0 Å². The number of aryl methyl sites for hydroxylation is 2. The van der Waals surface area contributed by atoms with Crippen molar-refractivity contribution in [3.63, 3.8) is 0 Å². The maximum Gasteiger partial charge on any atom is 0.237 e. The first-order chi connectivity index (χ1) is 14.0. The van der Waals surface area contributed by atoms with E-state index in [9.17, 15) is 4.79 Å². The van der Waals surface area contributed by atoms with Crippen LogP contribution in [0.15, 0.2) is 47.0 Å². The predicted molar refractivity (Wildman–Crippen MR) is 116 cm³/mol. The molecule has 0 saturated carbocycles. The van der Waals surface area contributed by atoms with Crippen LogP contribution in [0.25, 0.3) is 11.4 Å². The zero-order chi connectivity index (χ0) is 20.8. The molecule has 3 aromatic rings. The summed E-state index contributed by atoms with van der Waals surface area (Å²) in [6.45, 7) is 8.33. The lowest BCUT2D eigenvalue weighted by atomic mass is 10.1. The first kappa shape index (κ1) is 20.9. The minimum absolute atomic E-state index is 0.0474. The molecule has 0 aliphatic rings. The zero-order valence-electron chi connectivity index (χ0n) is 17.1. The molecule has 0 fully saturated rings. The normalized spacial score (nSPS) is 11.9. The first-order valence-electron chi connectivity index (χ1n) is 9.53. The average Bonchev–Trinajstić information content (AvgIpc) is 3.18. The first-order valence-corrected chi connectivity index (χ1v) is 10.6. The van der Waals surface area contributed by atoms with Gasteiger partial charge in [-0.1, -0.05) is 35.5 Å². The fourth-order valence-corrected chi connectivity index (χ4v) is 3.58. The molecule has 0 spiro atoms. The highest BCUT2D eigenvalue weighted by Crippen LogP contribution is 2.29. The van der Waals surface area contributed by atoms with Crippen molar-refractivity contribution < 1.29 is 14.1 Å². The Kier molecular flexibility index (Phi) is 6.93. The molecule has 1 aromatic heterocycles. The molecule has 0 aliphatic carbocycles. The number of aromatic nitrogens is 2. The summed E-state index contributed by atoms with van der Waals surface area (Å²) in [5, 5.41) is 6.82. The van der Waals surface area contributed by atoms with E-state index in [1.54, 1.807) is 0 Å². The van der Waals surface area contributed by atoms with Gasteiger partial charge in [-0.05, 0) is 51.0 Å². The van der Waals surface area contributed by atoms with Crippen LogP contribution in [0.2, 0.25) is 0 Å². The van der Waals surface area contributed by atoms with Crippen molar-refractivity contribution in [3.05, 3.63) is 59.5 Å². The van der Waals surface area contributed by atoms with Crippen molar-refractivity contribution in [2.75, 3.05) is 11.9 Å². The van der Waals surface area contributed by atoms with Crippen LogP contribution in [-0.4, -0.2) is 27.9 Å². The number of carbonyl (C=O) groups excluding carboxylic acids is 1. The van der Waals surface area contributed by atoms with Gasteiger partial charge < -0.3 is 14.6 Å². The van der Waals surface area contributed by atoms with Crippen LogP contribution in [0.3, 0.4) is 0 Å². The van der Waals surface area contributed by atoms with Gasteiger partial charge in [-0.15, -0.1) is 11.8 Å². The average molecular weight is 412 g/mol. The molecule has 0 radical (unpaired) electrons. The smallest absolute Gasteiger partial charge is 0.237 e. The lowest BCUT2D eigenvalue weighted by Gasteiger charge is -2.14. The number of benzene rings is 2. The Hall–Kier alpha value is -2.80. The van der Waals surface area contributed by atoms with Crippen LogP contribution in [0.5, 0.6) is 5.75 Å². The number of nitrogens with one attached hydrogen (secondary N) is 1. The van der Waals surface area contributed by atoms with E-state index in [4.69, 9.17) is 9.26 Å². The third-order valence-electron chi connectivity index (χ3n) is 4.45. The predicted octanol–water partition coefficient (Wildman–Crippen LogP) is 5.01. The maximum absolute atomic E-state index is 12.6. The summed E-state index contributed by atoms with van der Waals surface area (Å²) in [5.41, 5.74) is 3.75. The number of anilines is 1. The van der Waals surface area contributed by atoms with E-state index >= 15 is 0 Å². The van der Waals surface area contributed by atoms with Crippen molar-refractivity contribution in [2.45, 2.75) is 38.7 Å². The highest BCUT2D eigenvalue weighted by atomic mass is 32.2. The fourth-order valence-electron chi connectivity index (χ4n) is 2.86. The van der Waals surface area contributed by atoms with Gasteiger partial charge in [-0.25, -0.2) is 0 Å². The molecule has 1 unspecified atom stereocenters. The lowest BCUT2D eigenvalue weighted by molar-refractivity contribution is -0.115. The van der Waals surface area contributed by atoms with Gasteiger partial charge in [0, 0.05) is 5.69 Å². The summed E-state index contributed by atoms with van der Waals surface area (Å²) in [6.07, 6.45) is 0. The molecule has 7 heteroatoms. The number of hydrogen-bond donors (Lipinski definition) is 1. The number of thioether (sulfide) groups is 1. The number of para-hydroxylation sites is 2. The Morgan fingerprint density at radius 2 is 1.90 bits per heavy atom. The van der Waals surface area contributed by atoms with Gasteiger partial charge in [0.25, 0.3) is 0 Å². The van der Waals surface area contributed by atoms with Crippen molar-refractivity contribution >= 4 is 23.4 Å². The number of rotatable bonds is 8. The van der Waals surface area contributed by atoms with Crippen LogP contribution < -0.4 is 10.1 Å². The van der Waals surface area contributed by atoms with Crippen LogP contribution in [0.1, 0.15) is 30.9 Å². The number of hydrogen-bond acceptors (Lipinski definition) is 6. The van der Waals surface area contributed by atoms with Crippen molar-refractivity contribution in [1.82, 2.24) is 10.1 Å². The molecular weight excluding hydrogens is 386 g/mol. The number of nitrogens with zero attached hydrogens (tertiary/aromatic N) is 2. The van der Waals surface area contributed by atoms with Crippen molar-refractivity contribution in [1.29, 1.82) is 0 Å². The molecule has 6 nitrogen and oxygen atoms in total. The molecule has 0 saturated heterocycles. The van der Waals surface area contributed by atoms with Gasteiger partial charge in [-0.2, -0.15) is 4.98 Å². The summed E-state index contributed by atoms with van der Waals surface area (Å²) in [5.74, 6) is 2.08. The van der Waals surface area contributed by atoms with Gasteiger partial charge in [0.05, 0.1) is 23.2 Å². The number of amides is 1. The summed E-state index contributed by atoms with van der Waals surface area (Å²) >= 11 is 1.45. The summed E-state index contributed by atoms with van der Waals surface area (Å²) in [7, 11) is 0. The summed E-state index contributed by atoms with van der Waals surface area (Å²) in [6, 6.07) is 13.5. The summed E-state index contributed by atoms with van der Waals surface area (Å²) in [4.78, 5) is 17.0. The minimum Gasteiger partial charge on any atom is -0.493 e. The lowest BCUT2D eigenvalue weighted by Crippen LogP contribution is -2.23.